The van der Waals surface area contributed by atoms with Crippen LogP contribution in [0.3, 0.4) is 0 Å². The second-order valence-electron chi connectivity index (χ2n) is 9.70. The van der Waals surface area contributed by atoms with E-state index < -0.39 is 17.2 Å². The molecule has 1 fully saturated rings. The molecule has 2 N–H and O–H groups in total. The number of hydrogen-bond acceptors (Lipinski definition) is 7. The van der Waals surface area contributed by atoms with Crippen LogP contribution < -0.4 is 16.0 Å². The molecular weight excluding hydrogens is 578 g/mol. The fourth-order valence-electron chi connectivity index (χ4n) is 4.70. The van der Waals surface area contributed by atoms with Gasteiger partial charge in [-0.05, 0) is 76.8 Å². The van der Waals surface area contributed by atoms with Crippen LogP contribution in [0.25, 0.3) is 5.69 Å². The van der Waals surface area contributed by atoms with Gasteiger partial charge < -0.3 is 14.7 Å². The van der Waals surface area contributed by atoms with Gasteiger partial charge in [-0.25, -0.2) is 4.79 Å². The number of piperazine rings is 1. The molecule has 3 aromatic carbocycles. The molecule has 10 nitrogen and oxygen atoms in total. The normalized spacial score (nSPS) is 13.8. The van der Waals surface area contributed by atoms with E-state index in [2.05, 4.69) is 43.0 Å². The van der Waals surface area contributed by atoms with Crippen LogP contribution in [0.2, 0.25) is 0 Å². The highest BCUT2D eigenvalue weighted by atomic mass is 79.9. The molecule has 0 unspecified atom stereocenters. The zero-order valence-electron chi connectivity index (χ0n) is 22.1. The molecule has 4 aromatic rings. The number of hydrogen-bond donors (Lipinski definition) is 2. The van der Waals surface area contributed by atoms with Crippen LogP contribution in [-0.2, 0) is 6.54 Å². The van der Waals surface area contributed by atoms with Crippen molar-refractivity contribution in [1.29, 1.82) is 0 Å². The molecule has 0 radical (unpaired) electrons. The second kappa shape index (κ2) is 11.5. The van der Waals surface area contributed by atoms with Gasteiger partial charge in [-0.2, -0.15) is 9.78 Å². The summed E-state index contributed by atoms with van der Waals surface area (Å²) in [6, 6.07) is 18.3. The number of carbonyl (C=O) groups is 1. The first kappa shape index (κ1) is 27.4. The lowest BCUT2D eigenvalue weighted by Gasteiger charge is -2.34. The van der Waals surface area contributed by atoms with Crippen LogP contribution >= 0.6 is 15.9 Å². The van der Waals surface area contributed by atoms with E-state index in [-0.39, 0.29) is 11.4 Å². The molecule has 1 aliphatic heterocycles. The van der Waals surface area contributed by atoms with Crippen LogP contribution in [0.15, 0.2) is 74.7 Å². The Hall–Kier alpha value is -4.22. The van der Waals surface area contributed by atoms with E-state index in [4.69, 9.17) is 4.74 Å². The number of carbonyl (C=O) groups excluding carboxylic acids is 1. The zero-order chi connectivity index (χ0) is 28.4. The van der Waals surface area contributed by atoms with Crippen LogP contribution in [-0.4, -0.2) is 61.8 Å². The maximum Gasteiger partial charge on any atom is 0.349 e. The predicted molar refractivity (Wildman–Crippen MR) is 153 cm³/mol. The SMILES string of the molecule is Cc1cc(-n2nc(C(=O)N3CCN(Cc4ccccc4)CC3)c(=O)[nH]c2=O)cc(C)c1Oc1ccc(O)c(Br)c1. The third kappa shape index (κ3) is 5.85. The number of phenolic OH excluding ortho intramolecular Hbond substituents is 1. The number of halogens is 1. The average Bonchev–Trinajstić information content (AvgIpc) is 2.93. The summed E-state index contributed by atoms with van der Waals surface area (Å²) in [6.07, 6.45) is 0. The molecule has 1 aromatic heterocycles. The first-order valence-electron chi connectivity index (χ1n) is 12.8. The van der Waals surface area contributed by atoms with Crippen molar-refractivity contribution in [2.45, 2.75) is 20.4 Å². The van der Waals surface area contributed by atoms with Crippen LogP contribution in [0, 0.1) is 13.8 Å². The van der Waals surface area contributed by atoms with Crippen LogP contribution in [0.1, 0.15) is 27.2 Å². The fraction of sp³-hybridized carbons (Fsp3) is 0.241. The van der Waals surface area contributed by atoms with Crippen molar-refractivity contribution in [3.8, 4) is 22.9 Å². The third-order valence-electron chi connectivity index (χ3n) is 6.77. The summed E-state index contributed by atoms with van der Waals surface area (Å²) in [7, 11) is 0. The van der Waals surface area contributed by atoms with Gasteiger partial charge >= 0.3 is 5.69 Å². The fourth-order valence-corrected chi connectivity index (χ4v) is 5.05. The molecule has 40 heavy (non-hydrogen) atoms. The van der Waals surface area contributed by atoms with Gasteiger partial charge in [-0.3, -0.25) is 19.5 Å². The van der Waals surface area contributed by atoms with Crippen molar-refractivity contribution >= 4 is 21.8 Å². The van der Waals surface area contributed by atoms with E-state index in [1.54, 1.807) is 29.2 Å². The molecule has 2 heterocycles. The Morgan fingerprint density at radius 3 is 2.33 bits per heavy atom. The van der Waals surface area contributed by atoms with Crippen molar-refractivity contribution in [3.05, 3.63) is 108 Å². The molecule has 1 aliphatic rings. The Morgan fingerprint density at radius 1 is 1.00 bits per heavy atom. The number of nitrogens with one attached hydrogen (secondary N) is 1. The van der Waals surface area contributed by atoms with Gasteiger partial charge in [0.05, 0.1) is 10.2 Å². The Balaban J connectivity index is 1.35. The van der Waals surface area contributed by atoms with Crippen molar-refractivity contribution in [2.24, 2.45) is 0 Å². The Labute approximate surface area is 238 Å². The molecule has 0 spiro atoms. The minimum absolute atomic E-state index is 0.0964. The zero-order valence-corrected chi connectivity index (χ0v) is 23.6. The largest absolute Gasteiger partial charge is 0.507 e. The van der Waals surface area contributed by atoms with Gasteiger partial charge in [0.2, 0.25) is 5.69 Å². The minimum atomic E-state index is -0.815. The number of H-pyrrole nitrogens is 1. The number of aromatic amines is 1. The number of aromatic hydroxyl groups is 1. The molecule has 0 bridgehead atoms. The number of benzene rings is 3. The topological polar surface area (TPSA) is 121 Å². The predicted octanol–water partition coefficient (Wildman–Crippen LogP) is 3.76. The summed E-state index contributed by atoms with van der Waals surface area (Å²) in [5, 5.41) is 13.9. The Morgan fingerprint density at radius 2 is 1.68 bits per heavy atom. The maximum atomic E-state index is 13.3. The summed E-state index contributed by atoms with van der Waals surface area (Å²) in [4.78, 5) is 44.7. The van der Waals surface area contributed by atoms with Gasteiger partial charge in [0, 0.05) is 32.7 Å². The smallest absolute Gasteiger partial charge is 0.349 e. The number of aryl methyl sites for hydroxylation is 2. The first-order chi connectivity index (χ1) is 19.2. The summed E-state index contributed by atoms with van der Waals surface area (Å²) in [6.45, 7) is 6.64. The Kier molecular flexibility index (Phi) is 7.85. The highest BCUT2D eigenvalue weighted by Gasteiger charge is 2.26. The van der Waals surface area contributed by atoms with Crippen molar-refractivity contribution < 1.29 is 14.6 Å². The summed E-state index contributed by atoms with van der Waals surface area (Å²) >= 11 is 3.28. The standard InChI is InChI=1S/C29H28BrN5O5/c1-18-14-21(15-19(2)26(18)40-22-8-9-24(36)23(30)16-22)35-29(39)31-27(37)25(32-35)28(38)34-12-10-33(11-13-34)17-20-6-4-3-5-7-20/h3-9,14-16,36H,10-13,17H2,1-2H3,(H,31,37,39). The lowest BCUT2D eigenvalue weighted by atomic mass is 10.1. The molecular formula is C29H28BrN5O5. The first-order valence-corrected chi connectivity index (χ1v) is 13.6. The number of aromatic nitrogens is 3. The second-order valence-corrected chi connectivity index (χ2v) is 10.6. The van der Waals surface area contributed by atoms with Crippen molar-refractivity contribution in [2.75, 3.05) is 26.2 Å². The van der Waals surface area contributed by atoms with E-state index in [9.17, 15) is 19.5 Å². The van der Waals surface area contributed by atoms with Crippen molar-refractivity contribution in [1.82, 2.24) is 24.6 Å². The molecule has 206 valence electrons. The van der Waals surface area contributed by atoms with E-state index in [1.165, 1.54) is 11.6 Å². The maximum absolute atomic E-state index is 13.3. The highest BCUT2D eigenvalue weighted by molar-refractivity contribution is 9.10. The minimum Gasteiger partial charge on any atom is -0.507 e. The molecule has 1 amide bonds. The van der Waals surface area contributed by atoms with Gasteiger partial charge in [0.1, 0.15) is 17.2 Å². The van der Waals surface area contributed by atoms with Crippen molar-refractivity contribution in [3.63, 3.8) is 0 Å². The summed E-state index contributed by atoms with van der Waals surface area (Å²) < 4.78 is 7.56. The molecule has 0 aliphatic carbocycles. The third-order valence-corrected chi connectivity index (χ3v) is 7.40. The number of ether oxygens (including phenoxy) is 1. The Bertz CT molecular complexity index is 1650. The van der Waals surface area contributed by atoms with Gasteiger partial charge in [0.15, 0.2) is 0 Å². The van der Waals surface area contributed by atoms with E-state index in [0.29, 0.717) is 59.0 Å². The average molecular weight is 606 g/mol. The molecule has 0 atom stereocenters. The van der Waals surface area contributed by atoms with E-state index in [0.717, 1.165) is 11.2 Å². The summed E-state index contributed by atoms with van der Waals surface area (Å²) in [5.74, 6) is 0.669. The molecule has 0 saturated carbocycles. The number of rotatable bonds is 6. The van der Waals surface area contributed by atoms with Gasteiger partial charge in [-0.1, -0.05) is 30.3 Å². The van der Waals surface area contributed by atoms with Crippen LogP contribution in [0.4, 0.5) is 0 Å². The number of phenols is 1. The van der Waals surface area contributed by atoms with E-state index in [1.807, 2.05) is 32.0 Å². The van der Waals surface area contributed by atoms with Gasteiger partial charge in [0.25, 0.3) is 11.5 Å². The molecule has 1 saturated heterocycles. The number of nitrogens with zero attached hydrogens (tertiary/aromatic N) is 4. The van der Waals surface area contributed by atoms with Crippen LogP contribution in [0.5, 0.6) is 17.2 Å². The molecule has 11 heteroatoms. The lowest BCUT2D eigenvalue weighted by Crippen LogP contribution is -2.50. The number of amides is 1. The quantitative estimate of drug-likeness (QED) is 0.343. The van der Waals surface area contributed by atoms with E-state index >= 15 is 0 Å². The van der Waals surface area contributed by atoms with Gasteiger partial charge in [-0.15, -0.1) is 0 Å². The monoisotopic (exact) mass is 605 g/mol. The molecule has 5 rings (SSSR count). The highest BCUT2D eigenvalue weighted by Crippen LogP contribution is 2.34. The lowest BCUT2D eigenvalue weighted by molar-refractivity contribution is 0.0618. The summed E-state index contributed by atoms with van der Waals surface area (Å²) in [5.41, 5.74) is 1.11.